The van der Waals surface area contributed by atoms with E-state index in [1.165, 1.54) is 38.8 Å². The minimum absolute atomic E-state index is 0. The normalized spacial score (nSPS) is 22.5. The van der Waals surface area contributed by atoms with Crippen molar-refractivity contribution in [1.82, 2.24) is 5.32 Å². The number of allylic oxidation sites excluding steroid dienone is 1. The second-order valence-corrected chi connectivity index (χ2v) is 2.87. The van der Waals surface area contributed by atoms with Crippen LogP contribution >= 0.6 is 12.4 Å². The molecule has 0 amide bonds. The minimum Gasteiger partial charge on any atom is -0.316 e. The van der Waals surface area contributed by atoms with Crippen molar-refractivity contribution in [2.45, 2.75) is 32.6 Å². The summed E-state index contributed by atoms with van der Waals surface area (Å²) >= 11 is 0. The third kappa shape index (κ3) is 4.44. The van der Waals surface area contributed by atoms with Crippen LogP contribution in [0, 0.1) is 0 Å². The van der Waals surface area contributed by atoms with Crippen LogP contribution in [0.5, 0.6) is 0 Å². The van der Waals surface area contributed by atoms with Crippen LogP contribution in [-0.4, -0.2) is 13.1 Å². The maximum Gasteiger partial charge on any atom is -0.00116 e. The molecule has 0 saturated carbocycles. The van der Waals surface area contributed by atoms with Gasteiger partial charge in [-0.25, -0.2) is 0 Å². The number of hydrogen-bond acceptors (Lipinski definition) is 1. The molecule has 0 aromatic carbocycles. The number of halogens is 1. The Morgan fingerprint density at radius 1 is 1.36 bits per heavy atom. The molecule has 0 unspecified atom stereocenters. The molecule has 1 fully saturated rings. The molecule has 0 bridgehead atoms. The van der Waals surface area contributed by atoms with Gasteiger partial charge in [-0.15, -0.1) is 12.4 Å². The van der Waals surface area contributed by atoms with Crippen LogP contribution < -0.4 is 5.32 Å². The van der Waals surface area contributed by atoms with Gasteiger partial charge in [-0.3, -0.25) is 0 Å². The van der Waals surface area contributed by atoms with Gasteiger partial charge >= 0.3 is 0 Å². The van der Waals surface area contributed by atoms with Crippen molar-refractivity contribution in [3.63, 3.8) is 0 Å². The summed E-state index contributed by atoms with van der Waals surface area (Å²) in [6.45, 7) is 4.61. The Balaban J connectivity index is 0.000001000. The largest absolute Gasteiger partial charge is 0.316 e. The van der Waals surface area contributed by atoms with Crippen LogP contribution in [0.1, 0.15) is 32.6 Å². The number of nitrogens with one attached hydrogen (secondary N) is 1. The maximum atomic E-state index is 3.39. The third-order valence-electron chi connectivity index (χ3n) is 1.97. The SMILES string of the molecule is CC/C=C1\CCCNCC1.Cl. The molecule has 0 aromatic rings. The summed E-state index contributed by atoms with van der Waals surface area (Å²) in [5, 5.41) is 3.39. The van der Waals surface area contributed by atoms with E-state index in [0.29, 0.717) is 0 Å². The van der Waals surface area contributed by atoms with Gasteiger partial charge in [-0.2, -0.15) is 0 Å². The van der Waals surface area contributed by atoms with Gasteiger partial charge in [0.25, 0.3) is 0 Å². The Morgan fingerprint density at radius 3 is 2.91 bits per heavy atom. The van der Waals surface area contributed by atoms with Crippen molar-refractivity contribution in [3.05, 3.63) is 11.6 Å². The maximum absolute atomic E-state index is 3.39. The highest BCUT2D eigenvalue weighted by atomic mass is 35.5. The lowest BCUT2D eigenvalue weighted by molar-refractivity contribution is 0.703. The Bertz CT molecular complexity index is 111. The monoisotopic (exact) mass is 175 g/mol. The first-order chi connectivity index (χ1) is 4.93. The van der Waals surface area contributed by atoms with Crippen molar-refractivity contribution in [1.29, 1.82) is 0 Å². The van der Waals surface area contributed by atoms with E-state index in [4.69, 9.17) is 0 Å². The standard InChI is InChI=1S/C9H17N.ClH/c1-2-4-9-5-3-7-10-8-6-9;/h4,10H,2-3,5-8H2,1H3;1H/b9-4+;. The van der Waals surface area contributed by atoms with Crippen molar-refractivity contribution in [2.24, 2.45) is 0 Å². The lowest BCUT2D eigenvalue weighted by Gasteiger charge is -1.99. The molecule has 2 heteroatoms. The first-order valence-electron chi connectivity index (χ1n) is 4.32. The van der Waals surface area contributed by atoms with Crippen LogP contribution in [0.3, 0.4) is 0 Å². The zero-order valence-electron chi connectivity index (χ0n) is 7.23. The second kappa shape index (κ2) is 6.68. The van der Waals surface area contributed by atoms with Gasteiger partial charge in [0.15, 0.2) is 0 Å². The number of rotatable bonds is 1. The molecule has 0 spiro atoms. The van der Waals surface area contributed by atoms with Crippen molar-refractivity contribution < 1.29 is 0 Å². The van der Waals surface area contributed by atoms with E-state index in [-0.39, 0.29) is 12.4 Å². The highest BCUT2D eigenvalue weighted by Gasteiger charge is 2.01. The molecule has 1 saturated heterocycles. The molecule has 11 heavy (non-hydrogen) atoms. The van der Waals surface area contributed by atoms with Gasteiger partial charge in [0.1, 0.15) is 0 Å². The Hall–Kier alpha value is -0.0100. The summed E-state index contributed by atoms with van der Waals surface area (Å²) in [5.41, 5.74) is 1.66. The quantitative estimate of drug-likeness (QED) is 0.604. The number of hydrogen-bond donors (Lipinski definition) is 1. The molecule has 1 N–H and O–H groups in total. The highest BCUT2D eigenvalue weighted by Crippen LogP contribution is 2.12. The molecule has 1 nitrogen and oxygen atoms in total. The second-order valence-electron chi connectivity index (χ2n) is 2.87. The lowest BCUT2D eigenvalue weighted by Crippen LogP contribution is -2.13. The summed E-state index contributed by atoms with van der Waals surface area (Å²) in [5.74, 6) is 0. The van der Waals surface area contributed by atoms with Gasteiger partial charge in [0, 0.05) is 0 Å². The Labute approximate surface area is 75.7 Å². The average molecular weight is 176 g/mol. The Kier molecular flexibility index (Phi) is 6.68. The molecule has 1 heterocycles. The summed E-state index contributed by atoms with van der Waals surface area (Å²) in [4.78, 5) is 0. The van der Waals surface area contributed by atoms with Crippen molar-refractivity contribution in [2.75, 3.05) is 13.1 Å². The first kappa shape index (κ1) is 11.0. The molecule has 66 valence electrons. The molecular weight excluding hydrogens is 158 g/mol. The molecule has 1 aliphatic rings. The van der Waals surface area contributed by atoms with Gasteiger partial charge in [-0.1, -0.05) is 18.6 Å². The predicted molar refractivity (Wildman–Crippen MR) is 52.3 cm³/mol. The fourth-order valence-electron chi connectivity index (χ4n) is 1.43. The van der Waals surface area contributed by atoms with E-state index < -0.39 is 0 Å². The van der Waals surface area contributed by atoms with E-state index >= 15 is 0 Å². The smallest absolute Gasteiger partial charge is 0.00116 e. The van der Waals surface area contributed by atoms with E-state index in [2.05, 4.69) is 18.3 Å². The zero-order chi connectivity index (χ0) is 7.23. The Morgan fingerprint density at radius 2 is 2.18 bits per heavy atom. The fourth-order valence-corrected chi connectivity index (χ4v) is 1.43. The zero-order valence-corrected chi connectivity index (χ0v) is 8.04. The molecule has 1 aliphatic heterocycles. The summed E-state index contributed by atoms with van der Waals surface area (Å²) in [6, 6.07) is 0. The van der Waals surface area contributed by atoms with E-state index in [9.17, 15) is 0 Å². The van der Waals surface area contributed by atoms with E-state index in [0.717, 1.165) is 0 Å². The molecular formula is C9H18ClN. The third-order valence-corrected chi connectivity index (χ3v) is 1.97. The van der Waals surface area contributed by atoms with Crippen molar-refractivity contribution >= 4 is 12.4 Å². The van der Waals surface area contributed by atoms with Crippen LogP contribution in [0.15, 0.2) is 11.6 Å². The van der Waals surface area contributed by atoms with Crippen LogP contribution in [0.4, 0.5) is 0 Å². The van der Waals surface area contributed by atoms with Gasteiger partial charge in [-0.05, 0) is 38.8 Å². The predicted octanol–water partition coefficient (Wildman–Crippen LogP) is 2.52. The summed E-state index contributed by atoms with van der Waals surface area (Å²) < 4.78 is 0. The van der Waals surface area contributed by atoms with Crippen LogP contribution in [0.25, 0.3) is 0 Å². The first-order valence-corrected chi connectivity index (χ1v) is 4.32. The van der Waals surface area contributed by atoms with Gasteiger partial charge in [0.2, 0.25) is 0 Å². The average Bonchev–Trinajstić information content (AvgIpc) is 2.17. The molecule has 0 radical (unpaired) electrons. The van der Waals surface area contributed by atoms with Crippen LogP contribution in [0.2, 0.25) is 0 Å². The lowest BCUT2D eigenvalue weighted by atomic mass is 10.1. The van der Waals surface area contributed by atoms with Gasteiger partial charge in [0.05, 0.1) is 0 Å². The summed E-state index contributed by atoms with van der Waals surface area (Å²) in [7, 11) is 0. The van der Waals surface area contributed by atoms with E-state index in [1.807, 2.05) is 0 Å². The topological polar surface area (TPSA) is 12.0 Å². The van der Waals surface area contributed by atoms with E-state index in [1.54, 1.807) is 5.57 Å². The van der Waals surface area contributed by atoms with Gasteiger partial charge < -0.3 is 5.32 Å². The molecule has 0 aliphatic carbocycles. The van der Waals surface area contributed by atoms with Crippen molar-refractivity contribution in [3.8, 4) is 0 Å². The summed E-state index contributed by atoms with van der Waals surface area (Å²) in [6.07, 6.45) is 7.50. The molecule has 1 rings (SSSR count). The highest BCUT2D eigenvalue weighted by molar-refractivity contribution is 5.85. The molecule has 0 atom stereocenters. The van der Waals surface area contributed by atoms with Crippen LogP contribution in [-0.2, 0) is 0 Å². The minimum atomic E-state index is 0. The molecule has 0 aromatic heterocycles. The fraction of sp³-hybridized carbons (Fsp3) is 0.778.